The van der Waals surface area contributed by atoms with E-state index in [1.165, 1.54) is 25.7 Å². The van der Waals surface area contributed by atoms with Crippen molar-refractivity contribution in [1.82, 2.24) is 0 Å². The predicted molar refractivity (Wildman–Crippen MR) is 149 cm³/mol. The van der Waals surface area contributed by atoms with E-state index >= 15 is 0 Å². The molecule has 0 amide bonds. The third-order valence-corrected chi connectivity index (χ3v) is 14.9. The maximum Gasteiger partial charge on any atom is 0.309 e. The largest absolute Gasteiger partial charge is 0.481 e. The van der Waals surface area contributed by atoms with Crippen molar-refractivity contribution in [3.8, 4) is 0 Å². The van der Waals surface area contributed by atoms with Gasteiger partial charge in [-0.2, -0.15) is 0 Å². The molecule has 10 atom stereocenters. The second-order valence-corrected chi connectivity index (χ2v) is 16.7. The van der Waals surface area contributed by atoms with Gasteiger partial charge in [0.1, 0.15) is 6.10 Å². The van der Waals surface area contributed by atoms with E-state index in [-0.39, 0.29) is 39.7 Å². The van der Waals surface area contributed by atoms with E-state index in [9.17, 15) is 14.7 Å². The lowest BCUT2D eigenvalue weighted by Gasteiger charge is -2.72. The van der Waals surface area contributed by atoms with Crippen LogP contribution in [-0.4, -0.2) is 23.1 Å². The topological polar surface area (TPSA) is 63.6 Å². The van der Waals surface area contributed by atoms with Crippen LogP contribution in [0.3, 0.4) is 0 Å². The minimum absolute atomic E-state index is 0.00412. The van der Waals surface area contributed by atoms with Gasteiger partial charge in [0.2, 0.25) is 0 Å². The monoisotopic (exact) mass is 526 g/mol. The first-order chi connectivity index (χ1) is 17.7. The number of carbonyl (C=O) groups is 2. The number of fused-ring (bicyclic) bond motifs is 7. The lowest BCUT2D eigenvalue weighted by Crippen LogP contribution is -2.67. The summed E-state index contributed by atoms with van der Waals surface area (Å²) < 4.78 is 6.21. The Bertz CT molecular complexity index is 996. The van der Waals surface area contributed by atoms with Crippen molar-refractivity contribution in [2.75, 3.05) is 0 Å². The molecule has 0 bridgehead atoms. The highest BCUT2D eigenvalue weighted by Gasteiger charge is 2.72. The molecule has 38 heavy (non-hydrogen) atoms. The van der Waals surface area contributed by atoms with Crippen molar-refractivity contribution in [3.05, 3.63) is 0 Å². The number of ether oxygens (including phenoxy) is 1. The second kappa shape index (κ2) is 8.48. The van der Waals surface area contributed by atoms with Crippen LogP contribution in [0.25, 0.3) is 0 Å². The number of aliphatic carboxylic acids is 1. The van der Waals surface area contributed by atoms with Crippen molar-refractivity contribution in [3.63, 3.8) is 0 Å². The molecular weight excluding hydrogens is 472 g/mol. The van der Waals surface area contributed by atoms with Gasteiger partial charge in [-0.3, -0.25) is 9.59 Å². The zero-order valence-corrected chi connectivity index (χ0v) is 25.3. The fourth-order valence-electron chi connectivity index (χ4n) is 12.5. The molecule has 4 heteroatoms. The zero-order valence-electron chi connectivity index (χ0n) is 25.3. The maximum atomic E-state index is 12.9. The van der Waals surface area contributed by atoms with E-state index in [2.05, 4.69) is 48.5 Å². The van der Waals surface area contributed by atoms with Crippen LogP contribution in [-0.2, 0) is 14.3 Å². The number of esters is 1. The number of carbonyl (C=O) groups excluding carboxylic acids is 1. The smallest absolute Gasteiger partial charge is 0.309 e. The van der Waals surface area contributed by atoms with Gasteiger partial charge in [0.15, 0.2) is 0 Å². The standard InChI is InChI=1S/C34H54O4/c1-20(2)22-12-17-34(29(36)37)19-18-32(6)23(27(22)34)10-11-25-31(5)15-14-26(38-28(35)21-8-9-21)30(3,4)24(31)13-16-33(25,32)7/h20-27H,8-19H2,1-7H3,(H,36,37)/t22-,23?,24-,25+,26-,27-,31-,32+,33+,34-/m0/s1. The second-order valence-electron chi connectivity index (χ2n) is 16.7. The number of carboxylic acids is 1. The van der Waals surface area contributed by atoms with Crippen LogP contribution in [0.1, 0.15) is 126 Å². The summed E-state index contributed by atoms with van der Waals surface area (Å²) in [5.41, 5.74) is 0.195. The summed E-state index contributed by atoms with van der Waals surface area (Å²) in [4.78, 5) is 25.5. The van der Waals surface area contributed by atoms with E-state index in [0.717, 1.165) is 51.4 Å². The molecule has 4 nitrogen and oxygen atoms in total. The van der Waals surface area contributed by atoms with Crippen molar-refractivity contribution >= 4 is 11.9 Å². The molecule has 6 rings (SSSR count). The van der Waals surface area contributed by atoms with Crippen LogP contribution in [0.15, 0.2) is 0 Å². The average Bonchev–Trinajstić information content (AvgIpc) is 3.61. The van der Waals surface area contributed by atoms with Crippen molar-refractivity contribution < 1.29 is 19.4 Å². The van der Waals surface area contributed by atoms with Crippen LogP contribution in [0.2, 0.25) is 0 Å². The van der Waals surface area contributed by atoms with Gasteiger partial charge in [0, 0.05) is 5.41 Å². The summed E-state index contributed by atoms with van der Waals surface area (Å²) >= 11 is 0. The Labute approximate surface area is 231 Å². The minimum Gasteiger partial charge on any atom is -0.481 e. The fourth-order valence-corrected chi connectivity index (χ4v) is 12.5. The normalized spacial score (nSPS) is 51.4. The van der Waals surface area contributed by atoms with E-state index in [1.807, 2.05) is 0 Å². The maximum absolute atomic E-state index is 12.9. The third-order valence-electron chi connectivity index (χ3n) is 14.9. The summed E-state index contributed by atoms with van der Waals surface area (Å²) in [6, 6.07) is 0. The quantitative estimate of drug-likeness (QED) is 0.376. The van der Waals surface area contributed by atoms with Gasteiger partial charge < -0.3 is 9.84 Å². The Morgan fingerprint density at radius 3 is 2.11 bits per heavy atom. The molecular formula is C34H54O4. The van der Waals surface area contributed by atoms with Crippen molar-refractivity contribution in [2.24, 2.45) is 68.5 Å². The van der Waals surface area contributed by atoms with Gasteiger partial charge in [-0.25, -0.2) is 0 Å². The van der Waals surface area contributed by atoms with Gasteiger partial charge in [0.25, 0.3) is 0 Å². The molecule has 1 unspecified atom stereocenters. The molecule has 0 aromatic rings. The Hall–Kier alpha value is -1.06. The molecule has 0 saturated heterocycles. The van der Waals surface area contributed by atoms with E-state index in [1.54, 1.807) is 0 Å². The Balaban J connectivity index is 1.32. The van der Waals surface area contributed by atoms with Gasteiger partial charge in [-0.1, -0.05) is 48.5 Å². The van der Waals surface area contributed by atoms with Crippen molar-refractivity contribution in [1.29, 1.82) is 0 Å². The van der Waals surface area contributed by atoms with E-state index in [0.29, 0.717) is 35.5 Å². The van der Waals surface area contributed by atoms with Crippen LogP contribution in [0, 0.1) is 68.5 Å². The molecule has 6 fully saturated rings. The molecule has 214 valence electrons. The van der Waals surface area contributed by atoms with E-state index < -0.39 is 11.4 Å². The highest BCUT2D eigenvalue weighted by atomic mass is 16.5. The SMILES string of the molecule is CC(C)[C@@H]1CC[C@]2(C(=O)O)CC[C@]3(C)C(CC[C@@H]4[C@@]5(C)CC[C@H](OC(=O)C6CC6)C(C)(C)[C@@H]5CC[C@]43C)[C@H]12. The summed E-state index contributed by atoms with van der Waals surface area (Å²) in [5, 5.41) is 10.6. The molecule has 0 radical (unpaired) electrons. The van der Waals surface area contributed by atoms with Gasteiger partial charge in [-0.15, -0.1) is 0 Å². The summed E-state index contributed by atoms with van der Waals surface area (Å²) in [6.07, 6.45) is 13.0. The summed E-state index contributed by atoms with van der Waals surface area (Å²) in [7, 11) is 0. The Morgan fingerprint density at radius 2 is 1.47 bits per heavy atom. The number of hydrogen-bond donors (Lipinski definition) is 1. The highest BCUT2D eigenvalue weighted by molar-refractivity contribution is 5.76. The Morgan fingerprint density at radius 1 is 0.763 bits per heavy atom. The number of carboxylic acid groups (broad SMARTS) is 1. The van der Waals surface area contributed by atoms with Gasteiger partial charge in [-0.05, 0) is 129 Å². The van der Waals surface area contributed by atoms with Crippen molar-refractivity contribution in [2.45, 2.75) is 132 Å². The number of hydrogen-bond acceptors (Lipinski definition) is 3. The molecule has 6 saturated carbocycles. The lowest BCUT2D eigenvalue weighted by atomic mass is 9.32. The predicted octanol–water partition coefficient (Wildman–Crippen LogP) is 8.13. The van der Waals surface area contributed by atoms with Crippen LogP contribution in [0.4, 0.5) is 0 Å². The molecule has 0 aromatic heterocycles. The molecule has 6 aliphatic carbocycles. The van der Waals surface area contributed by atoms with E-state index in [4.69, 9.17) is 4.74 Å². The van der Waals surface area contributed by atoms with Crippen LogP contribution >= 0.6 is 0 Å². The summed E-state index contributed by atoms with van der Waals surface area (Å²) in [6.45, 7) is 17.3. The molecule has 0 aliphatic heterocycles. The minimum atomic E-state index is -0.503. The average molecular weight is 527 g/mol. The first kappa shape index (κ1) is 27.1. The molecule has 0 spiro atoms. The molecule has 0 aromatic carbocycles. The molecule has 1 N–H and O–H groups in total. The fraction of sp³-hybridized carbons (Fsp3) is 0.941. The molecule has 6 aliphatic rings. The zero-order chi connectivity index (χ0) is 27.5. The third kappa shape index (κ3) is 3.39. The highest BCUT2D eigenvalue weighted by Crippen LogP contribution is 2.77. The lowest BCUT2D eigenvalue weighted by molar-refractivity contribution is -0.252. The first-order valence-electron chi connectivity index (χ1n) is 16.2. The summed E-state index contributed by atoms with van der Waals surface area (Å²) in [5.74, 6) is 2.88. The van der Waals surface area contributed by atoms with Crippen LogP contribution < -0.4 is 0 Å². The van der Waals surface area contributed by atoms with Crippen LogP contribution in [0.5, 0.6) is 0 Å². The number of rotatable bonds is 4. The van der Waals surface area contributed by atoms with Gasteiger partial charge in [0.05, 0.1) is 11.3 Å². The molecule has 0 heterocycles. The Kier molecular flexibility index (Phi) is 6.05. The first-order valence-corrected chi connectivity index (χ1v) is 16.2. The van der Waals surface area contributed by atoms with Gasteiger partial charge >= 0.3 is 11.9 Å².